The summed E-state index contributed by atoms with van der Waals surface area (Å²) in [5.41, 5.74) is -0.0331. The summed E-state index contributed by atoms with van der Waals surface area (Å²) in [5, 5.41) is 0. The van der Waals surface area contributed by atoms with E-state index in [1.807, 2.05) is 0 Å². The maximum Gasteiger partial charge on any atom is 0.400 e. The maximum atomic E-state index is 15.2. The van der Waals surface area contributed by atoms with Crippen molar-refractivity contribution in [2.45, 2.75) is 76.6 Å². The quantitative estimate of drug-likeness (QED) is 0.296. The van der Waals surface area contributed by atoms with Crippen LogP contribution in [0.5, 0.6) is 5.75 Å². The van der Waals surface area contributed by atoms with Gasteiger partial charge in [0.15, 0.2) is 6.29 Å². The predicted molar refractivity (Wildman–Crippen MR) is 142 cm³/mol. The Bertz CT molecular complexity index is 1230. The lowest BCUT2D eigenvalue weighted by molar-refractivity contribution is -0.222. The first-order chi connectivity index (χ1) is 20.0. The lowest BCUT2D eigenvalue weighted by atomic mass is 9.76. The second-order valence-corrected chi connectivity index (χ2v) is 12.0. The van der Waals surface area contributed by atoms with Crippen molar-refractivity contribution in [2.24, 2.45) is 23.7 Å². The SMILES string of the molecule is CC1CCC(C2COC(c3ccc(C4CCC(C(F)(F)Oc5cc(F)c(C=C(F)F)c(F)c5)CC4)c(F)c3)OC2)CC1. The topological polar surface area (TPSA) is 27.7 Å². The molecule has 230 valence electrons. The minimum absolute atomic E-state index is 0.00607. The molecule has 0 radical (unpaired) electrons. The lowest BCUT2D eigenvalue weighted by Crippen LogP contribution is -2.37. The first kappa shape index (κ1) is 30.9. The monoisotopic (exact) mass is 600 g/mol. The predicted octanol–water partition coefficient (Wildman–Crippen LogP) is 9.77. The molecular weight excluding hydrogens is 565 g/mol. The van der Waals surface area contributed by atoms with Crippen LogP contribution in [0.1, 0.15) is 87.2 Å². The molecule has 2 aromatic rings. The van der Waals surface area contributed by atoms with Gasteiger partial charge in [0.25, 0.3) is 6.08 Å². The molecule has 0 unspecified atom stereocenters. The van der Waals surface area contributed by atoms with E-state index >= 15 is 4.39 Å². The molecule has 0 aromatic heterocycles. The second-order valence-electron chi connectivity index (χ2n) is 12.0. The van der Waals surface area contributed by atoms with Gasteiger partial charge < -0.3 is 14.2 Å². The highest BCUT2D eigenvalue weighted by Gasteiger charge is 2.44. The fourth-order valence-electron chi connectivity index (χ4n) is 6.61. The molecule has 0 atom stereocenters. The summed E-state index contributed by atoms with van der Waals surface area (Å²) in [4.78, 5) is 0. The molecule has 1 saturated heterocycles. The minimum Gasteiger partial charge on any atom is -0.432 e. The Labute approximate surface area is 241 Å². The van der Waals surface area contributed by atoms with Crippen molar-refractivity contribution in [3.8, 4) is 5.75 Å². The zero-order chi connectivity index (χ0) is 30.0. The Morgan fingerprint density at radius 3 is 2.00 bits per heavy atom. The number of hydrogen-bond donors (Lipinski definition) is 0. The highest BCUT2D eigenvalue weighted by molar-refractivity contribution is 5.53. The van der Waals surface area contributed by atoms with E-state index in [-0.39, 0.29) is 37.7 Å². The zero-order valence-electron chi connectivity index (χ0n) is 23.4. The molecule has 5 rings (SSSR count). The van der Waals surface area contributed by atoms with Gasteiger partial charge in [-0.15, -0.1) is 0 Å². The van der Waals surface area contributed by atoms with Crippen molar-refractivity contribution in [1.82, 2.24) is 0 Å². The van der Waals surface area contributed by atoms with Crippen LogP contribution >= 0.6 is 0 Å². The number of hydrogen-bond acceptors (Lipinski definition) is 3. The van der Waals surface area contributed by atoms with Gasteiger partial charge in [-0.25, -0.2) is 13.2 Å². The van der Waals surface area contributed by atoms with Crippen LogP contribution in [0.3, 0.4) is 0 Å². The third kappa shape index (κ3) is 7.13. The largest absolute Gasteiger partial charge is 0.432 e. The summed E-state index contributed by atoms with van der Waals surface area (Å²) in [7, 11) is 0. The Morgan fingerprint density at radius 1 is 0.810 bits per heavy atom. The molecule has 3 fully saturated rings. The van der Waals surface area contributed by atoms with Gasteiger partial charge in [-0.2, -0.15) is 17.6 Å². The number of ether oxygens (including phenoxy) is 3. The molecule has 1 heterocycles. The van der Waals surface area contributed by atoms with Gasteiger partial charge in [0.1, 0.15) is 23.2 Å². The number of halogens is 7. The van der Waals surface area contributed by atoms with Gasteiger partial charge in [-0.05, 0) is 67.9 Å². The van der Waals surface area contributed by atoms with Crippen LogP contribution in [0.2, 0.25) is 0 Å². The Morgan fingerprint density at radius 2 is 1.43 bits per heavy atom. The average Bonchev–Trinajstić information content (AvgIpc) is 2.95. The smallest absolute Gasteiger partial charge is 0.400 e. The van der Waals surface area contributed by atoms with E-state index in [1.165, 1.54) is 31.7 Å². The van der Waals surface area contributed by atoms with E-state index in [2.05, 4.69) is 11.7 Å². The van der Waals surface area contributed by atoms with E-state index in [9.17, 15) is 26.3 Å². The second kappa shape index (κ2) is 13.0. The molecule has 2 aliphatic carbocycles. The van der Waals surface area contributed by atoms with Gasteiger partial charge >= 0.3 is 6.11 Å². The standard InChI is InChI=1S/C32H35F7O3/c1-18-2-4-19(5-3-18)22-16-40-31(41-17-22)21-8-11-25(27(33)12-21)20-6-9-23(10-7-20)32(38,39)42-24-13-28(34)26(15-30(36)37)29(35)14-24/h8,11-15,18-20,22-23,31H,2-7,9-10,16-17H2,1H3. The Kier molecular flexibility index (Phi) is 9.52. The molecule has 42 heavy (non-hydrogen) atoms. The molecule has 0 bridgehead atoms. The van der Waals surface area contributed by atoms with Crippen molar-refractivity contribution >= 4 is 6.08 Å². The number of rotatable bonds is 7. The average molecular weight is 601 g/mol. The molecular formula is C32H35F7O3. The molecule has 0 N–H and O–H groups in total. The van der Waals surface area contributed by atoms with Gasteiger partial charge in [-0.3, -0.25) is 0 Å². The van der Waals surface area contributed by atoms with Crippen LogP contribution in [0.15, 0.2) is 36.4 Å². The van der Waals surface area contributed by atoms with Crippen LogP contribution in [0, 0.1) is 41.1 Å². The normalized spacial score (nSPS) is 28.8. The lowest BCUT2D eigenvalue weighted by Gasteiger charge is -2.37. The van der Waals surface area contributed by atoms with E-state index in [0.29, 0.717) is 48.3 Å². The van der Waals surface area contributed by atoms with Crippen molar-refractivity contribution in [2.75, 3.05) is 13.2 Å². The van der Waals surface area contributed by atoms with E-state index in [1.54, 1.807) is 12.1 Å². The van der Waals surface area contributed by atoms with E-state index in [0.717, 1.165) is 5.92 Å². The summed E-state index contributed by atoms with van der Waals surface area (Å²) in [6.07, 6.45) is -1.44. The minimum atomic E-state index is -3.77. The molecule has 0 spiro atoms. The summed E-state index contributed by atoms with van der Waals surface area (Å²) in [6.45, 7) is 3.43. The fourth-order valence-corrected chi connectivity index (χ4v) is 6.61. The third-order valence-electron chi connectivity index (χ3n) is 9.15. The van der Waals surface area contributed by atoms with Crippen molar-refractivity contribution in [1.29, 1.82) is 0 Å². The maximum absolute atomic E-state index is 15.2. The molecule has 3 aliphatic rings. The fraction of sp³-hybridized carbons (Fsp3) is 0.562. The molecule has 2 saturated carbocycles. The Hall–Kier alpha value is -2.59. The Balaban J connectivity index is 1.15. The number of benzene rings is 2. The zero-order valence-corrected chi connectivity index (χ0v) is 23.4. The molecule has 2 aromatic carbocycles. The van der Waals surface area contributed by atoms with Crippen molar-refractivity contribution in [3.05, 3.63) is 70.6 Å². The van der Waals surface area contributed by atoms with E-state index < -0.39 is 53.2 Å². The summed E-state index contributed by atoms with van der Waals surface area (Å²) in [5.74, 6) is -3.99. The molecule has 3 nitrogen and oxygen atoms in total. The molecule has 1 aliphatic heterocycles. The van der Waals surface area contributed by atoms with Crippen LogP contribution in [-0.2, 0) is 9.47 Å². The van der Waals surface area contributed by atoms with Gasteiger partial charge in [0.05, 0.1) is 24.7 Å². The van der Waals surface area contributed by atoms with Crippen molar-refractivity contribution in [3.63, 3.8) is 0 Å². The first-order valence-electron chi connectivity index (χ1n) is 14.6. The van der Waals surface area contributed by atoms with Crippen LogP contribution in [0.4, 0.5) is 30.7 Å². The van der Waals surface area contributed by atoms with Gasteiger partial charge in [0.2, 0.25) is 0 Å². The third-order valence-corrected chi connectivity index (χ3v) is 9.15. The molecule has 10 heteroatoms. The van der Waals surface area contributed by atoms with Crippen LogP contribution in [0.25, 0.3) is 6.08 Å². The summed E-state index contributed by atoms with van der Waals surface area (Å²) in [6, 6.07) is 5.71. The van der Waals surface area contributed by atoms with Gasteiger partial charge in [-0.1, -0.05) is 31.9 Å². The highest BCUT2D eigenvalue weighted by Crippen LogP contribution is 2.44. The number of alkyl halides is 2. The highest BCUT2D eigenvalue weighted by atomic mass is 19.3. The van der Waals surface area contributed by atoms with E-state index in [4.69, 9.17) is 9.47 Å². The first-order valence-corrected chi connectivity index (χ1v) is 14.6. The summed E-state index contributed by atoms with van der Waals surface area (Å²) >= 11 is 0. The van der Waals surface area contributed by atoms with Crippen LogP contribution < -0.4 is 4.74 Å². The van der Waals surface area contributed by atoms with Crippen molar-refractivity contribution < 1.29 is 44.9 Å². The van der Waals surface area contributed by atoms with Gasteiger partial charge in [0, 0.05) is 29.7 Å². The molecule has 0 amide bonds. The summed E-state index contributed by atoms with van der Waals surface area (Å²) < 4.78 is 114. The van der Waals surface area contributed by atoms with Crippen LogP contribution in [-0.4, -0.2) is 19.3 Å².